The third kappa shape index (κ3) is 7.17. The highest BCUT2D eigenvalue weighted by molar-refractivity contribution is 6.31. The molecule has 0 spiro atoms. The molecule has 2 aromatic carbocycles. The van der Waals surface area contributed by atoms with Gasteiger partial charge in [-0.05, 0) is 49.1 Å². The lowest BCUT2D eigenvalue weighted by Gasteiger charge is -2.21. The smallest absolute Gasteiger partial charge is 0.394 e. The molecular formula is C22H24ClNO6. The number of carbonyl (C=O) groups excluding carboxylic acids is 2. The zero-order chi connectivity index (χ0) is 22.3. The summed E-state index contributed by atoms with van der Waals surface area (Å²) in [5.74, 6) is -3.67. The Balaban J connectivity index is 2.13. The van der Waals surface area contributed by atoms with Crippen LogP contribution in [0.1, 0.15) is 25.8 Å². The number of hydrogen-bond acceptors (Lipinski definition) is 5. The first-order valence-corrected chi connectivity index (χ1v) is 9.80. The molecule has 0 heterocycles. The van der Waals surface area contributed by atoms with Crippen molar-refractivity contribution < 1.29 is 29.3 Å². The maximum atomic E-state index is 11.9. The van der Waals surface area contributed by atoms with E-state index in [1.165, 1.54) is 0 Å². The molecule has 0 fully saturated rings. The highest BCUT2D eigenvalue weighted by Crippen LogP contribution is 2.23. The number of esters is 1. The van der Waals surface area contributed by atoms with Gasteiger partial charge in [0.25, 0.3) is 0 Å². The lowest BCUT2D eigenvalue weighted by molar-refractivity contribution is -0.158. The molecule has 1 amide bonds. The van der Waals surface area contributed by atoms with E-state index in [1.54, 1.807) is 19.9 Å². The standard InChI is InChI=1S/C22H24ClNO6/c1-13(2)30-22(29)19(25)12-18(24-20(26)21(27)28)10-14-6-8-15(9-7-14)16-4-3-5-17(23)11-16/h3-9,11,13,18-19,25H,10,12H2,1-2H3,(H,24,26)(H,27,28). The molecule has 0 radical (unpaired) electrons. The summed E-state index contributed by atoms with van der Waals surface area (Å²) >= 11 is 6.02. The van der Waals surface area contributed by atoms with Crippen molar-refractivity contribution in [1.29, 1.82) is 0 Å². The van der Waals surface area contributed by atoms with Gasteiger partial charge in [0.1, 0.15) is 0 Å². The van der Waals surface area contributed by atoms with E-state index in [0.717, 1.165) is 16.7 Å². The minimum Gasteiger partial charge on any atom is -0.474 e. The van der Waals surface area contributed by atoms with Crippen LogP contribution in [0.15, 0.2) is 48.5 Å². The number of benzene rings is 2. The third-order valence-corrected chi connectivity index (χ3v) is 4.49. The summed E-state index contributed by atoms with van der Waals surface area (Å²) in [6.07, 6.45) is -1.85. The van der Waals surface area contributed by atoms with Crippen molar-refractivity contribution >= 4 is 29.4 Å². The monoisotopic (exact) mass is 433 g/mol. The first kappa shape index (κ1) is 23.4. The molecule has 160 valence electrons. The molecule has 0 aromatic heterocycles. The molecule has 7 nitrogen and oxygen atoms in total. The largest absolute Gasteiger partial charge is 0.474 e. The van der Waals surface area contributed by atoms with Crippen LogP contribution >= 0.6 is 11.6 Å². The fourth-order valence-electron chi connectivity index (χ4n) is 2.90. The van der Waals surface area contributed by atoms with Crippen LogP contribution in [-0.2, 0) is 25.5 Å². The van der Waals surface area contributed by atoms with E-state index >= 15 is 0 Å². The van der Waals surface area contributed by atoms with Crippen LogP contribution in [0.5, 0.6) is 0 Å². The summed E-state index contributed by atoms with van der Waals surface area (Å²) in [6.45, 7) is 3.30. The summed E-state index contributed by atoms with van der Waals surface area (Å²) in [6, 6.07) is 14.0. The van der Waals surface area contributed by atoms with Gasteiger partial charge in [0.15, 0.2) is 6.10 Å². The van der Waals surface area contributed by atoms with Gasteiger partial charge in [-0.1, -0.05) is 48.0 Å². The quantitative estimate of drug-likeness (QED) is 0.436. The summed E-state index contributed by atoms with van der Waals surface area (Å²) in [7, 11) is 0. The summed E-state index contributed by atoms with van der Waals surface area (Å²) in [5, 5.41) is 21.9. The number of rotatable bonds is 8. The molecule has 8 heteroatoms. The SMILES string of the molecule is CC(C)OC(=O)C(O)CC(Cc1ccc(-c2cccc(Cl)c2)cc1)NC(=O)C(=O)O. The van der Waals surface area contributed by atoms with Crippen molar-refractivity contribution in [1.82, 2.24) is 5.32 Å². The number of carboxylic acids is 1. The molecular weight excluding hydrogens is 410 g/mol. The van der Waals surface area contributed by atoms with Crippen LogP contribution in [0.3, 0.4) is 0 Å². The minimum atomic E-state index is -1.64. The van der Waals surface area contributed by atoms with Crippen molar-refractivity contribution in [3.8, 4) is 11.1 Å². The first-order chi connectivity index (χ1) is 14.2. The number of halogens is 1. The van der Waals surface area contributed by atoms with E-state index in [1.807, 2.05) is 42.5 Å². The molecule has 0 saturated carbocycles. The molecule has 3 N–H and O–H groups in total. The van der Waals surface area contributed by atoms with Crippen LogP contribution < -0.4 is 5.32 Å². The van der Waals surface area contributed by atoms with E-state index in [9.17, 15) is 19.5 Å². The van der Waals surface area contributed by atoms with Gasteiger partial charge in [0, 0.05) is 17.5 Å². The third-order valence-electron chi connectivity index (χ3n) is 4.26. The van der Waals surface area contributed by atoms with Crippen molar-refractivity contribution in [2.45, 2.75) is 44.9 Å². The van der Waals surface area contributed by atoms with Gasteiger partial charge in [-0.2, -0.15) is 0 Å². The second kappa shape index (κ2) is 10.8. The second-order valence-electron chi connectivity index (χ2n) is 7.12. The molecule has 0 aliphatic heterocycles. The molecule has 0 bridgehead atoms. The van der Waals surface area contributed by atoms with E-state index in [2.05, 4.69) is 5.32 Å². The van der Waals surface area contributed by atoms with E-state index in [-0.39, 0.29) is 12.8 Å². The number of hydrogen-bond donors (Lipinski definition) is 3. The van der Waals surface area contributed by atoms with Crippen molar-refractivity contribution in [3.63, 3.8) is 0 Å². The lowest BCUT2D eigenvalue weighted by atomic mass is 9.97. The molecule has 30 heavy (non-hydrogen) atoms. The van der Waals surface area contributed by atoms with Gasteiger partial charge in [-0.15, -0.1) is 0 Å². The Bertz CT molecular complexity index is 897. The van der Waals surface area contributed by atoms with E-state index < -0.39 is 36.1 Å². The van der Waals surface area contributed by atoms with Gasteiger partial charge in [-0.3, -0.25) is 4.79 Å². The average Bonchev–Trinajstić information content (AvgIpc) is 2.67. The normalized spacial score (nSPS) is 12.8. The molecule has 2 unspecified atom stereocenters. The number of aliphatic hydroxyl groups excluding tert-OH is 1. The van der Waals surface area contributed by atoms with Gasteiger partial charge in [-0.25, -0.2) is 9.59 Å². The van der Waals surface area contributed by atoms with Crippen LogP contribution in [0.25, 0.3) is 11.1 Å². The first-order valence-electron chi connectivity index (χ1n) is 9.43. The highest BCUT2D eigenvalue weighted by atomic mass is 35.5. The highest BCUT2D eigenvalue weighted by Gasteiger charge is 2.26. The Morgan fingerprint density at radius 3 is 2.30 bits per heavy atom. The maximum Gasteiger partial charge on any atom is 0.394 e. The summed E-state index contributed by atoms with van der Waals surface area (Å²) in [4.78, 5) is 34.4. The number of aliphatic carboxylic acids is 1. The molecule has 2 rings (SSSR count). The molecule has 0 aliphatic rings. The Kier molecular flexibility index (Phi) is 8.38. The minimum absolute atomic E-state index is 0.180. The lowest BCUT2D eigenvalue weighted by Crippen LogP contribution is -2.43. The number of amides is 1. The zero-order valence-electron chi connectivity index (χ0n) is 16.7. The topological polar surface area (TPSA) is 113 Å². The predicted molar refractivity (Wildman–Crippen MR) is 112 cm³/mol. The Morgan fingerprint density at radius 1 is 1.07 bits per heavy atom. The number of nitrogens with one attached hydrogen (secondary N) is 1. The average molecular weight is 434 g/mol. The number of carboxylic acid groups (broad SMARTS) is 1. The van der Waals surface area contributed by atoms with E-state index in [0.29, 0.717) is 5.02 Å². The van der Waals surface area contributed by atoms with Gasteiger partial charge in [0.05, 0.1) is 6.10 Å². The number of ether oxygens (including phenoxy) is 1. The number of aliphatic hydroxyl groups is 1. The van der Waals surface area contributed by atoms with Crippen LogP contribution in [0, 0.1) is 0 Å². The summed E-state index contributed by atoms with van der Waals surface area (Å²) < 4.78 is 4.96. The Hall–Kier alpha value is -2.90. The molecule has 2 atom stereocenters. The molecule has 0 saturated heterocycles. The van der Waals surface area contributed by atoms with Crippen LogP contribution in [0.2, 0.25) is 5.02 Å². The van der Waals surface area contributed by atoms with Gasteiger partial charge < -0.3 is 20.3 Å². The van der Waals surface area contributed by atoms with Crippen molar-refractivity contribution in [2.24, 2.45) is 0 Å². The van der Waals surface area contributed by atoms with Crippen LogP contribution in [0.4, 0.5) is 0 Å². The van der Waals surface area contributed by atoms with Gasteiger partial charge >= 0.3 is 17.8 Å². The molecule has 0 aliphatic carbocycles. The summed E-state index contributed by atoms with van der Waals surface area (Å²) in [5.41, 5.74) is 2.67. The van der Waals surface area contributed by atoms with Crippen molar-refractivity contribution in [3.05, 3.63) is 59.1 Å². The fraction of sp³-hybridized carbons (Fsp3) is 0.318. The predicted octanol–water partition coefficient (Wildman–Crippen LogP) is 2.82. The van der Waals surface area contributed by atoms with Gasteiger partial charge in [0.2, 0.25) is 0 Å². The Labute approximate surface area is 179 Å². The van der Waals surface area contributed by atoms with E-state index in [4.69, 9.17) is 21.4 Å². The van der Waals surface area contributed by atoms with Crippen molar-refractivity contribution in [2.75, 3.05) is 0 Å². The Morgan fingerprint density at radius 2 is 1.73 bits per heavy atom. The van der Waals surface area contributed by atoms with Crippen LogP contribution in [-0.4, -0.2) is 46.3 Å². The number of carbonyl (C=O) groups is 3. The molecule has 2 aromatic rings. The fourth-order valence-corrected chi connectivity index (χ4v) is 3.09. The second-order valence-corrected chi connectivity index (χ2v) is 7.56. The maximum absolute atomic E-state index is 11.9. The zero-order valence-corrected chi connectivity index (χ0v) is 17.4.